The second kappa shape index (κ2) is 6.37. The van der Waals surface area contributed by atoms with E-state index in [4.69, 9.17) is 5.73 Å². The average molecular weight is 334 g/mol. The van der Waals surface area contributed by atoms with Gasteiger partial charge in [0.1, 0.15) is 23.3 Å². The maximum atomic E-state index is 13.5. The number of nitrogen functional groups attached to an aromatic ring is 1. The normalized spacial score (nSPS) is 10.2. The van der Waals surface area contributed by atoms with Crippen molar-refractivity contribution in [3.05, 3.63) is 76.1 Å². The molecule has 0 fully saturated rings. The molecule has 1 heterocycles. The van der Waals surface area contributed by atoms with E-state index in [-0.39, 0.29) is 17.1 Å². The van der Waals surface area contributed by atoms with Gasteiger partial charge in [-0.15, -0.1) is 0 Å². The van der Waals surface area contributed by atoms with Crippen molar-refractivity contribution in [2.45, 2.75) is 0 Å². The lowest BCUT2D eigenvalue weighted by atomic mass is 9.98. The minimum absolute atomic E-state index is 0.0117. The summed E-state index contributed by atoms with van der Waals surface area (Å²) < 4.78 is 13.5. The number of aromatic nitrogens is 1. The first kappa shape index (κ1) is 16.1. The van der Waals surface area contributed by atoms with Crippen LogP contribution in [-0.4, -0.2) is 9.91 Å². The van der Waals surface area contributed by atoms with Crippen molar-refractivity contribution >= 4 is 11.5 Å². The third kappa shape index (κ3) is 3.14. The van der Waals surface area contributed by atoms with E-state index in [0.29, 0.717) is 22.4 Å². The zero-order valence-corrected chi connectivity index (χ0v) is 12.8. The molecule has 0 aliphatic rings. The van der Waals surface area contributed by atoms with Gasteiger partial charge in [0.2, 0.25) is 0 Å². The number of nitriles is 1. The number of rotatable bonds is 3. The topological polar surface area (TPSA) is 106 Å². The van der Waals surface area contributed by atoms with Crippen LogP contribution in [0.3, 0.4) is 0 Å². The summed E-state index contributed by atoms with van der Waals surface area (Å²) in [5, 5.41) is 20.2. The second-order valence-corrected chi connectivity index (χ2v) is 5.24. The van der Waals surface area contributed by atoms with Gasteiger partial charge in [-0.25, -0.2) is 9.37 Å². The van der Waals surface area contributed by atoms with Crippen LogP contribution in [0.1, 0.15) is 5.56 Å². The predicted molar refractivity (Wildman–Crippen MR) is 90.8 cm³/mol. The van der Waals surface area contributed by atoms with E-state index in [9.17, 15) is 19.8 Å². The Labute approximate surface area is 142 Å². The third-order valence-corrected chi connectivity index (χ3v) is 3.67. The molecule has 0 spiro atoms. The molecule has 0 radical (unpaired) electrons. The highest BCUT2D eigenvalue weighted by Gasteiger charge is 2.15. The smallest absolute Gasteiger partial charge is 0.269 e. The number of hydrogen-bond donors (Lipinski definition) is 1. The Bertz CT molecular complexity index is 1010. The number of halogens is 1. The van der Waals surface area contributed by atoms with Crippen LogP contribution < -0.4 is 5.73 Å². The maximum Gasteiger partial charge on any atom is 0.269 e. The quantitative estimate of drug-likeness (QED) is 0.577. The molecule has 0 aliphatic heterocycles. The summed E-state index contributed by atoms with van der Waals surface area (Å²) in [6.45, 7) is 0. The average Bonchev–Trinajstić information content (AvgIpc) is 2.61. The van der Waals surface area contributed by atoms with Crippen molar-refractivity contribution < 1.29 is 9.31 Å². The number of hydrogen-bond acceptors (Lipinski definition) is 5. The van der Waals surface area contributed by atoms with Crippen LogP contribution in [0.2, 0.25) is 0 Å². The molecule has 122 valence electrons. The maximum absolute atomic E-state index is 13.5. The molecule has 25 heavy (non-hydrogen) atoms. The highest BCUT2D eigenvalue weighted by atomic mass is 19.1. The second-order valence-electron chi connectivity index (χ2n) is 5.24. The fraction of sp³-hybridized carbons (Fsp3) is 0. The van der Waals surface area contributed by atoms with E-state index in [2.05, 4.69) is 4.98 Å². The number of nitro groups is 1. The number of pyridine rings is 1. The monoisotopic (exact) mass is 334 g/mol. The fourth-order valence-corrected chi connectivity index (χ4v) is 2.47. The SMILES string of the molecule is N#Cc1c(-c2ccc([N+](=O)[O-])cc2)cc(-c2cccc(F)c2)nc1N. The molecule has 2 N–H and O–H groups in total. The Balaban J connectivity index is 2.18. The molecular weight excluding hydrogens is 323 g/mol. The van der Waals surface area contributed by atoms with Crippen molar-refractivity contribution in [2.24, 2.45) is 0 Å². The van der Waals surface area contributed by atoms with Gasteiger partial charge in [0.15, 0.2) is 0 Å². The first-order chi connectivity index (χ1) is 12.0. The minimum atomic E-state index is -0.506. The van der Waals surface area contributed by atoms with E-state index in [1.807, 2.05) is 6.07 Å². The van der Waals surface area contributed by atoms with Crippen molar-refractivity contribution in [2.75, 3.05) is 5.73 Å². The van der Waals surface area contributed by atoms with Crippen molar-refractivity contribution in [1.82, 2.24) is 4.98 Å². The van der Waals surface area contributed by atoms with Crippen LogP contribution in [0.25, 0.3) is 22.4 Å². The van der Waals surface area contributed by atoms with E-state index < -0.39 is 10.7 Å². The number of anilines is 1. The number of benzene rings is 2. The van der Waals surface area contributed by atoms with Crippen molar-refractivity contribution in [3.63, 3.8) is 0 Å². The lowest BCUT2D eigenvalue weighted by molar-refractivity contribution is -0.384. The van der Waals surface area contributed by atoms with E-state index in [1.54, 1.807) is 18.2 Å². The van der Waals surface area contributed by atoms with Gasteiger partial charge < -0.3 is 5.73 Å². The summed E-state index contributed by atoms with van der Waals surface area (Å²) in [6.07, 6.45) is 0. The number of nitrogens with two attached hydrogens (primary N) is 1. The largest absolute Gasteiger partial charge is 0.383 e. The standard InChI is InChI=1S/C18H11FN4O2/c19-13-3-1-2-12(8-13)17-9-15(16(10-20)18(21)22-17)11-4-6-14(7-5-11)23(24)25/h1-9H,(H2,21,22). The number of non-ortho nitro benzene ring substituents is 1. The summed E-state index contributed by atoms with van der Waals surface area (Å²) >= 11 is 0. The highest BCUT2D eigenvalue weighted by molar-refractivity contribution is 5.80. The highest BCUT2D eigenvalue weighted by Crippen LogP contribution is 2.32. The first-order valence-electron chi connectivity index (χ1n) is 7.21. The molecule has 2 aromatic carbocycles. The van der Waals surface area contributed by atoms with Crippen LogP contribution in [0.15, 0.2) is 54.6 Å². The van der Waals surface area contributed by atoms with Crippen molar-refractivity contribution in [1.29, 1.82) is 5.26 Å². The Morgan fingerprint density at radius 1 is 1.12 bits per heavy atom. The van der Waals surface area contributed by atoms with Gasteiger partial charge >= 0.3 is 0 Å². The van der Waals surface area contributed by atoms with Gasteiger partial charge in [0.25, 0.3) is 5.69 Å². The molecule has 3 rings (SSSR count). The predicted octanol–water partition coefficient (Wildman–Crippen LogP) is 3.92. The Hall–Kier alpha value is -3.79. The van der Waals surface area contributed by atoms with E-state index in [1.165, 1.54) is 36.4 Å². The van der Waals surface area contributed by atoms with E-state index >= 15 is 0 Å². The van der Waals surface area contributed by atoms with Gasteiger partial charge in [0, 0.05) is 23.3 Å². The molecule has 7 heteroatoms. The Morgan fingerprint density at radius 3 is 2.44 bits per heavy atom. The molecule has 0 saturated carbocycles. The van der Waals surface area contributed by atoms with Crippen molar-refractivity contribution in [3.8, 4) is 28.5 Å². The minimum Gasteiger partial charge on any atom is -0.383 e. The molecule has 3 aromatic rings. The Kier molecular flexibility index (Phi) is 4.10. The van der Waals surface area contributed by atoms with Crippen LogP contribution in [0, 0.1) is 27.3 Å². The van der Waals surface area contributed by atoms with Crippen LogP contribution >= 0.6 is 0 Å². The molecule has 0 aliphatic carbocycles. The molecule has 0 amide bonds. The Morgan fingerprint density at radius 2 is 1.84 bits per heavy atom. The van der Waals surface area contributed by atoms with Crippen LogP contribution in [0.4, 0.5) is 15.9 Å². The summed E-state index contributed by atoms with van der Waals surface area (Å²) in [5.41, 5.74) is 7.96. The first-order valence-corrected chi connectivity index (χ1v) is 7.21. The number of nitro benzene ring substituents is 1. The summed E-state index contributed by atoms with van der Waals surface area (Å²) in [7, 11) is 0. The van der Waals surface area contributed by atoms with E-state index in [0.717, 1.165) is 0 Å². The van der Waals surface area contributed by atoms with Crippen LogP contribution in [0.5, 0.6) is 0 Å². The molecule has 0 saturated heterocycles. The van der Waals surface area contributed by atoms with Gasteiger partial charge in [-0.2, -0.15) is 5.26 Å². The molecule has 1 aromatic heterocycles. The van der Waals surface area contributed by atoms with Gasteiger partial charge in [-0.1, -0.05) is 12.1 Å². The van der Waals surface area contributed by atoms with Gasteiger partial charge in [-0.3, -0.25) is 10.1 Å². The molecular formula is C18H11FN4O2. The number of nitrogens with zero attached hydrogens (tertiary/aromatic N) is 3. The molecule has 0 atom stereocenters. The summed E-state index contributed by atoms with van der Waals surface area (Å²) in [5.74, 6) is -0.406. The summed E-state index contributed by atoms with van der Waals surface area (Å²) in [4.78, 5) is 14.4. The lowest BCUT2D eigenvalue weighted by Crippen LogP contribution is -2.00. The lowest BCUT2D eigenvalue weighted by Gasteiger charge is -2.10. The molecule has 0 unspecified atom stereocenters. The fourth-order valence-electron chi connectivity index (χ4n) is 2.47. The van der Waals surface area contributed by atoms with Gasteiger partial charge in [0.05, 0.1) is 10.6 Å². The third-order valence-electron chi connectivity index (χ3n) is 3.67. The zero-order valence-electron chi connectivity index (χ0n) is 12.8. The van der Waals surface area contributed by atoms with Gasteiger partial charge in [-0.05, 0) is 35.9 Å². The van der Waals surface area contributed by atoms with Crippen LogP contribution in [-0.2, 0) is 0 Å². The molecule has 0 bridgehead atoms. The molecule has 6 nitrogen and oxygen atoms in total. The zero-order chi connectivity index (χ0) is 18.0. The summed E-state index contributed by atoms with van der Waals surface area (Å²) in [6, 6.07) is 15.2.